The van der Waals surface area contributed by atoms with Crippen LogP contribution in [0, 0.1) is 12.8 Å². The maximum Gasteiger partial charge on any atom is 0.416 e. The van der Waals surface area contributed by atoms with Gasteiger partial charge in [0.1, 0.15) is 11.0 Å². The largest absolute Gasteiger partial charge is 0.416 e. The number of benzene rings is 2. The summed E-state index contributed by atoms with van der Waals surface area (Å²) in [4.78, 5) is 12.4. The summed E-state index contributed by atoms with van der Waals surface area (Å²) in [5, 5.41) is 11.3. The summed E-state index contributed by atoms with van der Waals surface area (Å²) in [7, 11) is -4.42. The molecular weight excluding hydrogens is 489 g/mol. The van der Waals surface area contributed by atoms with Gasteiger partial charge >= 0.3 is 6.18 Å². The van der Waals surface area contributed by atoms with Gasteiger partial charge in [0, 0.05) is 5.56 Å². The molecule has 0 bridgehead atoms. The van der Waals surface area contributed by atoms with Crippen molar-refractivity contribution in [3.63, 3.8) is 0 Å². The fraction of sp³-hybridized carbons (Fsp3) is 0.318. The number of alkyl halides is 3. The van der Waals surface area contributed by atoms with Crippen molar-refractivity contribution in [3.8, 4) is 10.6 Å². The van der Waals surface area contributed by atoms with E-state index in [2.05, 4.69) is 20.2 Å². The zero-order valence-corrected chi connectivity index (χ0v) is 20.2. The van der Waals surface area contributed by atoms with Crippen LogP contribution < -0.4 is 10.0 Å². The number of halogens is 3. The molecule has 1 amide bonds. The minimum Gasteiger partial charge on any atom is -0.299 e. The predicted octanol–water partition coefficient (Wildman–Crippen LogP) is 4.86. The molecule has 2 unspecified atom stereocenters. The molecule has 1 heterocycles. The average molecular weight is 513 g/mol. The van der Waals surface area contributed by atoms with Gasteiger partial charge in [0.05, 0.1) is 10.5 Å². The van der Waals surface area contributed by atoms with E-state index in [1.807, 2.05) is 31.2 Å². The molecule has 0 spiro atoms. The highest BCUT2D eigenvalue weighted by Crippen LogP contribution is 2.31. The van der Waals surface area contributed by atoms with Gasteiger partial charge in [0.25, 0.3) is 0 Å². The zero-order chi connectivity index (χ0) is 25.1. The Morgan fingerprint density at radius 2 is 1.82 bits per heavy atom. The summed E-state index contributed by atoms with van der Waals surface area (Å²) in [6, 6.07) is 9.68. The van der Waals surface area contributed by atoms with Gasteiger partial charge in [0.15, 0.2) is 0 Å². The van der Waals surface area contributed by atoms with Crippen LogP contribution in [-0.4, -0.2) is 30.6 Å². The highest BCUT2D eigenvalue weighted by molar-refractivity contribution is 7.89. The van der Waals surface area contributed by atoms with Crippen LogP contribution in [0.25, 0.3) is 10.6 Å². The number of sulfonamides is 1. The molecule has 2 aromatic carbocycles. The lowest BCUT2D eigenvalue weighted by Gasteiger charge is -2.23. The molecule has 34 heavy (non-hydrogen) atoms. The normalized spacial score (nSPS) is 13.9. The molecule has 12 heteroatoms. The lowest BCUT2D eigenvalue weighted by atomic mass is 9.99. The second-order valence-electron chi connectivity index (χ2n) is 7.78. The summed E-state index contributed by atoms with van der Waals surface area (Å²) in [5.41, 5.74) is 0.748. The number of carbonyl (C=O) groups excluding carboxylic acids is 1. The van der Waals surface area contributed by atoms with Gasteiger partial charge in [0.2, 0.25) is 21.1 Å². The summed E-state index contributed by atoms with van der Waals surface area (Å²) in [5.74, 6) is -1.14. The van der Waals surface area contributed by atoms with Crippen molar-refractivity contribution in [2.45, 2.75) is 44.3 Å². The number of hydrogen-bond donors (Lipinski definition) is 2. The van der Waals surface area contributed by atoms with Crippen molar-refractivity contribution < 1.29 is 26.4 Å². The molecule has 7 nitrogen and oxygen atoms in total. The Morgan fingerprint density at radius 1 is 1.12 bits per heavy atom. The van der Waals surface area contributed by atoms with Crippen LogP contribution in [0.3, 0.4) is 0 Å². The molecule has 0 saturated carbocycles. The maximum atomic E-state index is 13.0. The molecule has 0 radical (unpaired) electrons. The monoisotopic (exact) mass is 512 g/mol. The summed E-state index contributed by atoms with van der Waals surface area (Å²) in [6.45, 7) is 5.36. The minimum absolute atomic E-state index is 0.174. The Morgan fingerprint density at radius 3 is 2.47 bits per heavy atom. The van der Waals surface area contributed by atoms with Crippen molar-refractivity contribution in [1.82, 2.24) is 14.9 Å². The van der Waals surface area contributed by atoms with E-state index in [1.165, 1.54) is 0 Å². The Labute approximate surface area is 199 Å². The number of carbonyl (C=O) groups is 1. The molecule has 0 aliphatic rings. The van der Waals surface area contributed by atoms with Crippen LogP contribution in [0.15, 0.2) is 53.4 Å². The second-order valence-corrected chi connectivity index (χ2v) is 10.5. The van der Waals surface area contributed by atoms with Crippen molar-refractivity contribution in [3.05, 3.63) is 59.7 Å². The number of aromatic nitrogens is 2. The third-order valence-corrected chi connectivity index (χ3v) is 7.50. The van der Waals surface area contributed by atoms with Crippen molar-refractivity contribution in [1.29, 1.82) is 0 Å². The Kier molecular flexibility index (Phi) is 7.74. The molecule has 3 rings (SSSR count). The molecule has 0 aliphatic carbocycles. The van der Waals surface area contributed by atoms with Crippen LogP contribution in [-0.2, 0) is 21.0 Å². The van der Waals surface area contributed by atoms with Gasteiger partial charge in [-0.1, -0.05) is 61.4 Å². The predicted molar refractivity (Wildman–Crippen MR) is 124 cm³/mol. The maximum absolute atomic E-state index is 13.0. The first-order chi connectivity index (χ1) is 15.9. The van der Waals surface area contributed by atoms with Gasteiger partial charge in [-0.2, -0.15) is 17.9 Å². The van der Waals surface area contributed by atoms with Crippen LogP contribution in [0.1, 0.15) is 31.4 Å². The second kappa shape index (κ2) is 10.2. The van der Waals surface area contributed by atoms with Gasteiger partial charge in [-0.15, -0.1) is 10.2 Å². The van der Waals surface area contributed by atoms with Gasteiger partial charge in [-0.25, -0.2) is 8.42 Å². The topological polar surface area (TPSA) is 101 Å². The molecule has 182 valence electrons. The molecular formula is C22H23F3N4O3S2. The SMILES string of the molecule is CCC(C)C(NS(=O)(=O)c1cccc(C(F)(F)F)c1)C(=O)Nc1nnc(-c2cccc(C)c2)s1. The lowest BCUT2D eigenvalue weighted by molar-refractivity contribution is -0.137. The van der Waals surface area contributed by atoms with Crippen molar-refractivity contribution in [2.75, 3.05) is 5.32 Å². The van der Waals surface area contributed by atoms with E-state index in [9.17, 15) is 26.4 Å². The van der Waals surface area contributed by atoms with Crippen LogP contribution >= 0.6 is 11.3 Å². The van der Waals surface area contributed by atoms with Crippen molar-refractivity contribution >= 4 is 32.4 Å². The standard InChI is InChI=1S/C22H23F3N4O3S2/c1-4-14(3)18(29-34(31,32)17-10-6-9-16(12-17)22(23,24)25)19(30)26-21-28-27-20(33-21)15-8-5-7-13(2)11-15/h5-12,14,18,29H,4H2,1-3H3,(H,26,28,30). The molecule has 1 aromatic heterocycles. The molecule has 0 aliphatic heterocycles. The highest BCUT2D eigenvalue weighted by Gasteiger charge is 2.34. The van der Waals surface area contributed by atoms with Crippen LogP contribution in [0.2, 0.25) is 0 Å². The number of nitrogens with zero attached hydrogens (tertiary/aromatic N) is 2. The number of anilines is 1. The fourth-order valence-corrected chi connectivity index (χ4v) is 5.18. The number of aryl methyl sites for hydroxylation is 1. The fourth-order valence-electron chi connectivity index (χ4n) is 3.09. The van der Waals surface area contributed by atoms with E-state index >= 15 is 0 Å². The van der Waals surface area contributed by atoms with E-state index in [0.717, 1.165) is 40.7 Å². The molecule has 0 fully saturated rings. The Hall–Kier alpha value is -2.83. The first-order valence-corrected chi connectivity index (χ1v) is 12.6. The van der Waals surface area contributed by atoms with E-state index in [-0.39, 0.29) is 5.13 Å². The van der Waals surface area contributed by atoms with E-state index < -0.39 is 44.5 Å². The van der Waals surface area contributed by atoms with E-state index in [0.29, 0.717) is 17.5 Å². The minimum atomic E-state index is -4.70. The van der Waals surface area contributed by atoms with Crippen LogP contribution in [0.4, 0.5) is 18.3 Å². The van der Waals surface area contributed by atoms with Gasteiger partial charge in [-0.3, -0.25) is 10.1 Å². The quantitative estimate of drug-likeness (QED) is 0.449. The third-order valence-electron chi connectivity index (χ3n) is 5.17. The summed E-state index contributed by atoms with van der Waals surface area (Å²) < 4.78 is 67.0. The zero-order valence-electron chi connectivity index (χ0n) is 18.6. The number of rotatable bonds is 8. The van der Waals surface area contributed by atoms with Crippen molar-refractivity contribution in [2.24, 2.45) is 5.92 Å². The molecule has 2 N–H and O–H groups in total. The van der Waals surface area contributed by atoms with Gasteiger partial charge < -0.3 is 0 Å². The number of hydrogen-bond acceptors (Lipinski definition) is 6. The van der Waals surface area contributed by atoms with E-state index in [1.54, 1.807) is 13.8 Å². The van der Waals surface area contributed by atoms with Crippen LogP contribution in [0.5, 0.6) is 0 Å². The van der Waals surface area contributed by atoms with E-state index in [4.69, 9.17) is 0 Å². The Bertz CT molecular complexity index is 1280. The first-order valence-electron chi connectivity index (χ1n) is 10.3. The third kappa shape index (κ3) is 6.19. The van der Waals surface area contributed by atoms with Gasteiger partial charge in [-0.05, 0) is 37.1 Å². The molecule has 2 atom stereocenters. The smallest absolute Gasteiger partial charge is 0.299 e. The number of amides is 1. The number of nitrogens with one attached hydrogen (secondary N) is 2. The first kappa shape index (κ1) is 25.8. The summed E-state index contributed by atoms with van der Waals surface area (Å²) >= 11 is 1.12. The summed E-state index contributed by atoms with van der Waals surface area (Å²) in [6.07, 6.45) is -4.26. The molecule has 0 saturated heterocycles. The average Bonchev–Trinajstić information content (AvgIpc) is 3.25. The highest BCUT2D eigenvalue weighted by atomic mass is 32.2. The Balaban J connectivity index is 1.82. The molecule has 3 aromatic rings. The lowest BCUT2D eigenvalue weighted by Crippen LogP contribution is -2.47.